The molecule has 0 aliphatic carbocycles. The summed E-state index contributed by atoms with van der Waals surface area (Å²) in [5.74, 6) is 0.137. The number of carbonyl (C=O) groups excluding carboxylic acids is 1. The number of aliphatic hydroxyl groups is 1. The second kappa shape index (κ2) is 4.39. The zero-order valence-corrected chi connectivity index (χ0v) is 10.7. The van der Waals surface area contributed by atoms with Crippen LogP contribution in [0.1, 0.15) is 41.6 Å². The van der Waals surface area contributed by atoms with Crippen molar-refractivity contribution < 1.29 is 9.90 Å². The smallest absolute Gasteiger partial charge is 0.254 e. The van der Waals surface area contributed by atoms with E-state index in [2.05, 4.69) is 0 Å². The van der Waals surface area contributed by atoms with Gasteiger partial charge in [-0.2, -0.15) is 0 Å². The number of piperidine rings is 1. The molecule has 0 spiro atoms. The molecule has 2 heterocycles. The van der Waals surface area contributed by atoms with Gasteiger partial charge >= 0.3 is 0 Å². The third-order valence-electron chi connectivity index (χ3n) is 4.21. The number of benzene rings is 1. The first-order chi connectivity index (χ1) is 8.65. The summed E-state index contributed by atoms with van der Waals surface area (Å²) in [6, 6.07) is 8.26. The maximum Gasteiger partial charge on any atom is 0.254 e. The van der Waals surface area contributed by atoms with Crippen LogP contribution in [0.3, 0.4) is 0 Å². The number of rotatable bonds is 1. The van der Waals surface area contributed by atoms with Crippen molar-refractivity contribution in [2.75, 3.05) is 0 Å². The van der Waals surface area contributed by atoms with Crippen LogP contribution in [0.4, 0.5) is 0 Å². The van der Waals surface area contributed by atoms with Crippen molar-refractivity contribution in [3.8, 4) is 0 Å². The van der Waals surface area contributed by atoms with Gasteiger partial charge < -0.3 is 10.0 Å². The number of hydrogen-bond donors (Lipinski definition) is 1. The van der Waals surface area contributed by atoms with Gasteiger partial charge in [0.25, 0.3) is 5.91 Å². The van der Waals surface area contributed by atoms with Gasteiger partial charge in [0.15, 0.2) is 0 Å². The third kappa shape index (κ3) is 1.93. The van der Waals surface area contributed by atoms with Crippen LogP contribution in [0, 0.1) is 6.92 Å². The van der Waals surface area contributed by atoms with Crippen molar-refractivity contribution in [1.82, 2.24) is 4.90 Å². The summed E-state index contributed by atoms with van der Waals surface area (Å²) >= 11 is 0. The number of fused-ring (bicyclic) bond motifs is 2. The Morgan fingerprint density at radius 2 is 1.94 bits per heavy atom. The third-order valence-corrected chi connectivity index (χ3v) is 4.21. The molecule has 1 aromatic carbocycles. The average molecular weight is 245 g/mol. The van der Waals surface area contributed by atoms with Crippen LogP contribution < -0.4 is 0 Å². The molecule has 2 saturated heterocycles. The minimum absolute atomic E-state index is 0.137. The van der Waals surface area contributed by atoms with Gasteiger partial charge in [-0.3, -0.25) is 4.79 Å². The molecule has 2 aliphatic rings. The monoisotopic (exact) mass is 245 g/mol. The largest absolute Gasteiger partial charge is 0.393 e. The zero-order valence-electron chi connectivity index (χ0n) is 10.7. The molecule has 1 aromatic rings. The average Bonchev–Trinajstić information content (AvgIpc) is 2.61. The molecule has 2 unspecified atom stereocenters. The van der Waals surface area contributed by atoms with Crippen molar-refractivity contribution in [2.45, 2.75) is 50.8 Å². The lowest BCUT2D eigenvalue weighted by Crippen LogP contribution is -2.48. The Kier molecular flexibility index (Phi) is 2.86. The number of nitrogens with zero attached hydrogens (tertiary/aromatic N) is 1. The quantitative estimate of drug-likeness (QED) is 0.823. The van der Waals surface area contributed by atoms with Crippen LogP contribution in [0.15, 0.2) is 24.3 Å². The summed E-state index contributed by atoms with van der Waals surface area (Å²) in [5.41, 5.74) is 1.90. The second-order valence-corrected chi connectivity index (χ2v) is 5.59. The lowest BCUT2D eigenvalue weighted by molar-refractivity contribution is 0.0287. The highest BCUT2D eigenvalue weighted by molar-refractivity contribution is 5.95. The molecule has 18 heavy (non-hydrogen) atoms. The van der Waals surface area contributed by atoms with E-state index < -0.39 is 0 Å². The molecular weight excluding hydrogens is 226 g/mol. The van der Waals surface area contributed by atoms with Crippen molar-refractivity contribution in [2.24, 2.45) is 0 Å². The van der Waals surface area contributed by atoms with Gasteiger partial charge in [-0.1, -0.05) is 17.7 Å². The normalized spacial score (nSPS) is 30.6. The molecule has 3 rings (SSSR count). The highest BCUT2D eigenvalue weighted by Gasteiger charge is 2.42. The van der Waals surface area contributed by atoms with Crippen LogP contribution in [-0.4, -0.2) is 34.1 Å². The molecule has 2 aliphatic heterocycles. The number of carbonyl (C=O) groups is 1. The van der Waals surface area contributed by atoms with Gasteiger partial charge in [0.2, 0.25) is 0 Å². The molecule has 1 amide bonds. The van der Waals surface area contributed by atoms with E-state index in [0.29, 0.717) is 0 Å². The number of amides is 1. The van der Waals surface area contributed by atoms with Crippen LogP contribution in [0.5, 0.6) is 0 Å². The van der Waals surface area contributed by atoms with E-state index in [4.69, 9.17) is 0 Å². The molecular formula is C15H19NO2. The van der Waals surface area contributed by atoms with E-state index in [1.165, 1.54) is 0 Å². The Hall–Kier alpha value is -1.35. The second-order valence-electron chi connectivity index (χ2n) is 5.59. The van der Waals surface area contributed by atoms with E-state index in [0.717, 1.165) is 36.8 Å². The topological polar surface area (TPSA) is 40.5 Å². The van der Waals surface area contributed by atoms with Gasteiger partial charge in [-0.15, -0.1) is 0 Å². The van der Waals surface area contributed by atoms with Crippen molar-refractivity contribution in [3.05, 3.63) is 35.4 Å². The van der Waals surface area contributed by atoms with Crippen LogP contribution in [0.2, 0.25) is 0 Å². The first-order valence-corrected chi connectivity index (χ1v) is 6.72. The van der Waals surface area contributed by atoms with Gasteiger partial charge in [0.05, 0.1) is 6.10 Å². The number of aryl methyl sites for hydroxylation is 1. The van der Waals surface area contributed by atoms with Crippen LogP contribution in [0.25, 0.3) is 0 Å². The van der Waals surface area contributed by atoms with Crippen molar-refractivity contribution >= 4 is 5.91 Å². The maximum atomic E-state index is 12.6. The van der Waals surface area contributed by atoms with Gasteiger partial charge in [-0.25, -0.2) is 0 Å². The van der Waals surface area contributed by atoms with Crippen molar-refractivity contribution in [3.63, 3.8) is 0 Å². The summed E-state index contributed by atoms with van der Waals surface area (Å²) in [4.78, 5) is 14.6. The van der Waals surface area contributed by atoms with Gasteiger partial charge in [-0.05, 0) is 44.7 Å². The maximum absolute atomic E-state index is 12.6. The highest BCUT2D eigenvalue weighted by Crippen LogP contribution is 2.36. The molecule has 96 valence electrons. The molecule has 2 fully saturated rings. The minimum Gasteiger partial charge on any atom is -0.393 e. The fraction of sp³-hybridized carbons (Fsp3) is 0.533. The highest BCUT2D eigenvalue weighted by atomic mass is 16.3. The SMILES string of the molecule is Cc1cccc(C(=O)N2C3CCC2CC(O)C3)c1. The summed E-state index contributed by atoms with van der Waals surface area (Å²) in [6.45, 7) is 2.01. The zero-order chi connectivity index (χ0) is 12.7. The first-order valence-electron chi connectivity index (χ1n) is 6.72. The summed E-state index contributed by atoms with van der Waals surface area (Å²) in [5, 5.41) is 9.77. The molecule has 0 saturated carbocycles. The molecule has 0 radical (unpaired) electrons. The molecule has 0 aromatic heterocycles. The van der Waals surface area contributed by atoms with Gasteiger partial charge in [0.1, 0.15) is 0 Å². The predicted octanol–water partition coefficient (Wildman–Crippen LogP) is 2.12. The Labute approximate surface area is 107 Å². The van der Waals surface area contributed by atoms with E-state index in [1.54, 1.807) is 0 Å². The molecule has 2 atom stereocenters. The summed E-state index contributed by atoms with van der Waals surface area (Å²) in [7, 11) is 0. The van der Waals surface area contributed by atoms with E-state index in [9.17, 15) is 9.90 Å². The van der Waals surface area contributed by atoms with Crippen molar-refractivity contribution in [1.29, 1.82) is 0 Å². The van der Waals surface area contributed by atoms with Crippen LogP contribution in [-0.2, 0) is 0 Å². The lowest BCUT2D eigenvalue weighted by atomic mass is 9.98. The Bertz CT molecular complexity index is 457. The Morgan fingerprint density at radius 3 is 2.56 bits per heavy atom. The Balaban J connectivity index is 1.85. The molecule has 3 nitrogen and oxygen atoms in total. The van der Waals surface area contributed by atoms with E-state index in [-0.39, 0.29) is 24.1 Å². The molecule has 1 N–H and O–H groups in total. The van der Waals surface area contributed by atoms with E-state index >= 15 is 0 Å². The summed E-state index contributed by atoms with van der Waals surface area (Å²) < 4.78 is 0. The van der Waals surface area contributed by atoms with Crippen LogP contribution >= 0.6 is 0 Å². The number of hydrogen-bond acceptors (Lipinski definition) is 2. The standard InChI is InChI=1S/C15H19NO2/c1-10-3-2-4-11(7-10)15(18)16-12-5-6-13(16)9-14(17)8-12/h2-4,7,12-14,17H,5-6,8-9H2,1H3. The minimum atomic E-state index is -0.218. The number of aliphatic hydroxyl groups excluding tert-OH is 1. The van der Waals surface area contributed by atoms with E-state index in [1.807, 2.05) is 36.1 Å². The van der Waals surface area contributed by atoms with Gasteiger partial charge in [0, 0.05) is 17.6 Å². The fourth-order valence-electron chi connectivity index (χ4n) is 3.41. The summed E-state index contributed by atoms with van der Waals surface area (Å²) in [6.07, 6.45) is 3.35. The molecule has 2 bridgehead atoms. The Morgan fingerprint density at radius 1 is 1.28 bits per heavy atom. The molecule has 3 heteroatoms. The fourth-order valence-corrected chi connectivity index (χ4v) is 3.41. The predicted molar refractivity (Wildman–Crippen MR) is 69.4 cm³/mol. The lowest BCUT2D eigenvalue weighted by Gasteiger charge is -2.37. The first kappa shape index (κ1) is 11.7.